The molecule has 19 heavy (non-hydrogen) atoms. The van der Waals surface area contributed by atoms with Crippen LogP contribution >= 0.6 is 0 Å². The Hall–Kier alpha value is -2.03. The Morgan fingerprint density at radius 1 is 1.21 bits per heavy atom. The maximum atomic E-state index is 12.4. The van der Waals surface area contributed by atoms with Crippen LogP contribution in [0.3, 0.4) is 0 Å². The molecule has 1 aromatic heterocycles. The molecule has 1 heterocycles. The van der Waals surface area contributed by atoms with Crippen LogP contribution in [0.5, 0.6) is 5.75 Å². The SMILES string of the molecule is CCOc1ccc(C)cc1C(=O)c1ccc(CC)o1. The maximum Gasteiger partial charge on any atom is 0.231 e. The lowest BCUT2D eigenvalue weighted by atomic mass is 10.0. The van der Waals surface area contributed by atoms with Gasteiger partial charge in [-0.3, -0.25) is 4.79 Å². The van der Waals surface area contributed by atoms with Gasteiger partial charge in [0.25, 0.3) is 0 Å². The van der Waals surface area contributed by atoms with Crippen LogP contribution in [-0.4, -0.2) is 12.4 Å². The largest absolute Gasteiger partial charge is 0.493 e. The van der Waals surface area contributed by atoms with E-state index in [4.69, 9.17) is 9.15 Å². The Morgan fingerprint density at radius 3 is 2.63 bits per heavy atom. The van der Waals surface area contributed by atoms with E-state index in [-0.39, 0.29) is 5.78 Å². The molecule has 0 fully saturated rings. The van der Waals surface area contributed by atoms with Crippen LogP contribution in [0.4, 0.5) is 0 Å². The Kier molecular flexibility index (Phi) is 4.05. The smallest absolute Gasteiger partial charge is 0.231 e. The van der Waals surface area contributed by atoms with E-state index in [0.717, 1.165) is 17.7 Å². The van der Waals surface area contributed by atoms with Gasteiger partial charge in [-0.1, -0.05) is 18.6 Å². The number of hydrogen-bond donors (Lipinski definition) is 0. The number of benzene rings is 1. The highest BCUT2D eigenvalue weighted by molar-refractivity contribution is 6.09. The second-order valence-corrected chi connectivity index (χ2v) is 4.38. The second kappa shape index (κ2) is 5.74. The van der Waals surface area contributed by atoms with Gasteiger partial charge in [-0.2, -0.15) is 0 Å². The number of rotatable bonds is 5. The Bertz CT molecular complexity index is 581. The molecule has 0 amide bonds. The molecule has 0 aliphatic rings. The molecule has 0 bridgehead atoms. The number of carbonyl (C=O) groups is 1. The van der Waals surface area contributed by atoms with E-state index in [9.17, 15) is 4.79 Å². The number of furan rings is 1. The summed E-state index contributed by atoms with van der Waals surface area (Å²) in [7, 11) is 0. The van der Waals surface area contributed by atoms with E-state index in [0.29, 0.717) is 23.7 Å². The molecule has 0 N–H and O–H groups in total. The van der Waals surface area contributed by atoms with Gasteiger partial charge in [0.2, 0.25) is 5.78 Å². The summed E-state index contributed by atoms with van der Waals surface area (Å²) >= 11 is 0. The number of ketones is 1. The molecule has 100 valence electrons. The lowest BCUT2D eigenvalue weighted by molar-refractivity contribution is 0.100. The molecular weight excluding hydrogens is 240 g/mol. The zero-order valence-corrected chi connectivity index (χ0v) is 11.5. The second-order valence-electron chi connectivity index (χ2n) is 4.38. The molecular formula is C16H18O3. The van der Waals surface area contributed by atoms with Gasteiger partial charge in [0.1, 0.15) is 11.5 Å². The molecule has 0 saturated carbocycles. The molecule has 0 aliphatic carbocycles. The first-order valence-corrected chi connectivity index (χ1v) is 6.52. The van der Waals surface area contributed by atoms with Crippen molar-refractivity contribution in [3.05, 3.63) is 53.0 Å². The van der Waals surface area contributed by atoms with Crippen LogP contribution < -0.4 is 4.74 Å². The van der Waals surface area contributed by atoms with Gasteiger partial charge in [-0.15, -0.1) is 0 Å². The fourth-order valence-corrected chi connectivity index (χ4v) is 1.93. The molecule has 2 aromatic rings. The summed E-state index contributed by atoms with van der Waals surface area (Å²) in [4.78, 5) is 12.4. The summed E-state index contributed by atoms with van der Waals surface area (Å²) < 4.78 is 11.0. The van der Waals surface area contributed by atoms with Crippen molar-refractivity contribution in [2.45, 2.75) is 27.2 Å². The van der Waals surface area contributed by atoms with Crippen molar-refractivity contribution in [1.82, 2.24) is 0 Å². The minimum absolute atomic E-state index is 0.133. The molecule has 0 radical (unpaired) electrons. The van der Waals surface area contributed by atoms with Gasteiger partial charge >= 0.3 is 0 Å². The minimum atomic E-state index is -0.133. The molecule has 0 unspecified atom stereocenters. The van der Waals surface area contributed by atoms with E-state index in [1.165, 1.54) is 0 Å². The standard InChI is InChI=1S/C16H18O3/c1-4-12-7-9-15(19-12)16(17)13-10-11(3)6-8-14(13)18-5-2/h6-10H,4-5H2,1-3H3. The monoisotopic (exact) mass is 258 g/mol. The predicted molar refractivity (Wildman–Crippen MR) is 73.9 cm³/mol. The van der Waals surface area contributed by atoms with Gasteiger partial charge in [-0.25, -0.2) is 0 Å². The third-order valence-corrected chi connectivity index (χ3v) is 2.91. The first kappa shape index (κ1) is 13.4. The zero-order valence-electron chi connectivity index (χ0n) is 11.5. The van der Waals surface area contributed by atoms with Gasteiger partial charge in [-0.05, 0) is 38.1 Å². The van der Waals surface area contributed by atoms with E-state index < -0.39 is 0 Å². The molecule has 3 heteroatoms. The number of ether oxygens (including phenoxy) is 1. The highest BCUT2D eigenvalue weighted by Crippen LogP contribution is 2.24. The first-order chi connectivity index (χ1) is 9.15. The Labute approximate surface area is 113 Å². The van der Waals surface area contributed by atoms with Crippen molar-refractivity contribution < 1.29 is 13.9 Å². The topological polar surface area (TPSA) is 39.4 Å². The van der Waals surface area contributed by atoms with Gasteiger partial charge in [0, 0.05) is 6.42 Å². The normalized spacial score (nSPS) is 10.5. The van der Waals surface area contributed by atoms with Crippen molar-refractivity contribution in [1.29, 1.82) is 0 Å². The van der Waals surface area contributed by atoms with Crippen LogP contribution in [0.2, 0.25) is 0 Å². The lowest BCUT2D eigenvalue weighted by Gasteiger charge is -2.09. The molecule has 0 aliphatic heterocycles. The third-order valence-electron chi connectivity index (χ3n) is 2.91. The summed E-state index contributed by atoms with van der Waals surface area (Å²) in [6, 6.07) is 9.15. The van der Waals surface area contributed by atoms with Gasteiger partial charge in [0.05, 0.1) is 12.2 Å². The van der Waals surface area contributed by atoms with Crippen molar-refractivity contribution in [3.8, 4) is 5.75 Å². The average molecular weight is 258 g/mol. The summed E-state index contributed by atoms with van der Waals surface area (Å²) in [5, 5.41) is 0. The van der Waals surface area contributed by atoms with Crippen molar-refractivity contribution in [2.24, 2.45) is 0 Å². The van der Waals surface area contributed by atoms with Crippen LogP contribution in [0, 0.1) is 6.92 Å². The third kappa shape index (κ3) is 2.87. The lowest BCUT2D eigenvalue weighted by Crippen LogP contribution is -2.05. The summed E-state index contributed by atoms with van der Waals surface area (Å²) in [5.74, 6) is 1.65. The molecule has 3 nitrogen and oxygen atoms in total. The summed E-state index contributed by atoms with van der Waals surface area (Å²) in [6.07, 6.45) is 0.777. The molecule has 2 rings (SSSR count). The van der Waals surface area contributed by atoms with E-state index in [2.05, 4.69) is 0 Å². The Morgan fingerprint density at radius 2 is 2.00 bits per heavy atom. The average Bonchev–Trinajstić information content (AvgIpc) is 2.89. The van der Waals surface area contributed by atoms with Crippen molar-refractivity contribution in [2.75, 3.05) is 6.61 Å². The highest BCUT2D eigenvalue weighted by Gasteiger charge is 2.18. The number of aryl methyl sites for hydroxylation is 2. The van der Waals surface area contributed by atoms with E-state index in [1.54, 1.807) is 6.07 Å². The quantitative estimate of drug-likeness (QED) is 0.766. The van der Waals surface area contributed by atoms with Crippen LogP contribution in [0.25, 0.3) is 0 Å². The molecule has 0 atom stereocenters. The first-order valence-electron chi connectivity index (χ1n) is 6.52. The van der Waals surface area contributed by atoms with E-state index in [1.807, 2.05) is 45.0 Å². The number of hydrogen-bond acceptors (Lipinski definition) is 3. The van der Waals surface area contributed by atoms with Gasteiger partial charge in [0.15, 0.2) is 5.76 Å². The maximum absolute atomic E-state index is 12.4. The van der Waals surface area contributed by atoms with E-state index >= 15 is 0 Å². The van der Waals surface area contributed by atoms with Crippen molar-refractivity contribution >= 4 is 5.78 Å². The molecule has 0 spiro atoms. The number of carbonyl (C=O) groups excluding carboxylic acids is 1. The van der Waals surface area contributed by atoms with Crippen LogP contribution in [0.15, 0.2) is 34.7 Å². The zero-order chi connectivity index (χ0) is 13.8. The molecule has 0 saturated heterocycles. The van der Waals surface area contributed by atoms with Crippen LogP contribution in [-0.2, 0) is 6.42 Å². The van der Waals surface area contributed by atoms with Crippen molar-refractivity contribution in [3.63, 3.8) is 0 Å². The van der Waals surface area contributed by atoms with Gasteiger partial charge < -0.3 is 9.15 Å². The minimum Gasteiger partial charge on any atom is -0.493 e. The Balaban J connectivity index is 2.39. The summed E-state index contributed by atoms with van der Waals surface area (Å²) in [5.41, 5.74) is 1.58. The fourth-order valence-electron chi connectivity index (χ4n) is 1.93. The predicted octanol–water partition coefficient (Wildman–Crippen LogP) is 3.78. The van der Waals surface area contributed by atoms with Crippen LogP contribution in [0.1, 0.15) is 41.3 Å². The molecule has 1 aromatic carbocycles. The fraction of sp³-hybridized carbons (Fsp3) is 0.312. The highest BCUT2D eigenvalue weighted by atomic mass is 16.5. The summed E-state index contributed by atoms with van der Waals surface area (Å²) in [6.45, 7) is 6.37.